The second kappa shape index (κ2) is 4.10. The van der Waals surface area contributed by atoms with Crippen molar-refractivity contribution >= 4 is 23.3 Å². The molecular weight excluding hydrogens is 218 g/mol. The van der Waals surface area contributed by atoms with Crippen LogP contribution in [0.5, 0.6) is 0 Å². The molecule has 0 aromatic carbocycles. The van der Waals surface area contributed by atoms with Crippen LogP contribution in [0.4, 0.5) is 5.82 Å². The fourth-order valence-corrected chi connectivity index (χ4v) is 1.21. The van der Waals surface area contributed by atoms with Crippen molar-refractivity contribution in [2.75, 3.05) is 5.32 Å². The number of hydrogen-bond donors (Lipinski definition) is 1. The van der Waals surface area contributed by atoms with Gasteiger partial charge < -0.3 is 9.73 Å². The minimum absolute atomic E-state index is 0.0522. The van der Waals surface area contributed by atoms with Crippen molar-refractivity contribution in [2.45, 2.75) is 0 Å². The molecule has 2 heterocycles. The van der Waals surface area contributed by atoms with E-state index < -0.39 is 0 Å². The van der Waals surface area contributed by atoms with E-state index in [0.29, 0.717) is 5.82 Å². The summed E-state index contributed by atoms with van der Waals surface area (Å²) in [5, 5.41) is 9.90. The summed E-state index contributed by atoms with van der Waals surface area (Å²) in [4.78, 5) is 11.6. The first-order valence-electron chi connectivity index (χ1n) is 4.09. The first-order chi connectivity index (χ1) is 7.27. The summed E-state index contributed by atoms with van der Waals surface area (Å²) in [6.45, 7) is 0. The highest BCUT2D eigenvalue weighted by molar-refractivity contribution is 6.32. The number of hydrogen-bond acceptors (Lipinski definition) is 4. The van der Waals surface area contributed by atoms with Crippen LogP contribution in [-0.2, 0) is 0 Å². The van der Waals surface area contributed by atoms with E-state index in [0.717, 1.165) is 0 Å². The molecule has 1 N–H and O–H groups in total. The highest BCUT2D eigenvalue weighted by Gasteiger charge is 2.13. The van der Waals surface area contributed by atoms with Crippen LogP contribution in [0.1, 0.15) is 10.4 Å². The minimum Gasteiger partial charge on any atom is -0.452 e. The molecule has 0 aliphatic heterocycles. The van der Waals surface area contributed by atoms with Gasteiger partial charge in [0.15, 0.2) is 5.82 Å². The van der Waals surface area contributed by atoms with Crippen LogP contribution in [0.3, 0.4) is 0 Å². The lowest BCUT2D eigenvalue weighted by atomic mass is 10.3. The molecule has 0 bridgehead atoms. The number of halogens is 1. The lowest BCUT2D eigenvalue weighted by Gasteiger charge is -2.00. The molecule has 5 nitrogen and oxygen atoms in total. The maximum atomic E-state index is 11.6. The third-order valence-corrected chi connectivity index (χ3v) is 1.97. The van der Waals surface area contributed by atoms with Crippen molar-refractivity contribution < 1.29 is 9.21 Å². The van der Waals surface area contributed by atoms with Crippen molar-refractivity contribution in [2.24, 2.45) is 0 Å². The molecule has 15 heavy (non-hydrogen) atoms. The van der Waals surface area contributed by atoms with Gasteiger partial charge in [0.2, 0.25) is 5.22 Å². The Morgan fingerprint density at radius 3 is 2.93 bits per heavy atom. The van der Waals surface area contributed by atoms with Crippen LogP contribution in [0.25, 0.3) is 0 Å². The average molecular weight is 224 g/mol. The lowest BCUT2D eigenvalue weighted by molar-refractivity contribution is 0.102. The fraction of sp³-hybridized carbons (Fsp3) is 0. The van der Waals surface area contributed by atoms with E-state index in [2.05, 4.69) is 15.5 Å². The lowest BCUT2D eigenvalue weighted by Crippen LogP contribution is -2.12. The molecule has 2 aromatic rings. The van der Waals surface area contributed by atoms with Gasteiger partial charge in [-0.25, -0.2) is 0 Å². The Labute approximate surface area is 90.1 Å². The molecule has 0 aliphatic rings. The van der Waals surface area contributed by atoms with Crippen LogP contribution in [-0.4, -0.2) is 16.1 Å². The van der Waals surface area contributed by atoms with Crippen molar-refractivity contribution in [1.29, 1.82) is 0 Å². The molecule has 0 unspecified atom stereocenters. The van der Waals surface area contributed by atoms with Crippen molar-refractivity contribution in [3.8, 4) is 0 Å². The third-order valence-electron chi connectivity index (χ3n) is 1.68. The predicted molar refractivity (Wildman–Crippen MR) is 53.7 cm³/mol. The fourth-order valence-electron chi connectivity index (χ4n) is 1.01. The summed E-state index contributed by atoms with van der Waals surface area (Å²) in [5.74, 6) is -0.0194. The van der Waals surface area contributed by atoms with Gasteiger partial charge in [-0.3, -0.25) is 4.79 Å². The smallest absolute Gasteiger partial charge is 0.261 e. The first kappa shape index (κ1) is 9.67. The number of nitrogens with zero attached hydrogens (tertiary/aromatic N) is 2. The number of anilines is 1. The second-order valence-corrected chi connectivity index (χ2v) is 3.01. The van der Waals surface area contributed by atoms with E-state index in [1.807, 2.05) is 0 Å². The molecule has 1 amide bonds. The summed E-state index contributed by atoms with van der Waals surface area (Å²) in [5.41, 5.74) is 0.266. The van der Waals surface area contributed by atoms with Crippen LogP contribution >= 0.6 is 11.6 Å². The van der Waals surface area contributed by atoms with E-state index >= 15 is 0 Å². The van der Waals surface area contributed by atoms with E-state index in [1.165, 1.54) is 18.5 Å². The van der Waals surface area contributed by atoms with Gasteiger partial charge in [-0.2, -0.15) is 5.10 Å². The molecule has 0 atom stereocenters. The molecule has 2 aromatic heterocycles. The predicted octanol–water partition coefficient (Wildman–Crippen LogP) is 1.98. The Balaban J connectivity index is 2.15. The first-order valence-corrected chi connectivity index (χ1v) is 4.47. The second-order valence-electron chi connectivity index (χ2n) is 2.67. The average Bonchev–Trinajstić information content (AvgIpc) is 2.66. The monoisotopic (exact) mass is 223 g/mol. The zero-order valence-electron chi connectivity index (χ0n) is 7.48. The third kappa shape index (κ3) is 2.13. The topological polar surface area (TPSA) is 68.0 Å². The normalized spacial score (nSPS) is 9.93. The molecule has 0 fully saturated rings. The van der Waals surface area contributed by atoms with E-state index in [1.54, 1.807) is 12.1 Å². The number of aromatic nitrogens is 2. The molecule has 0 aliphatic carbocycles. The quantitative estimate of drug-likeness (QED) is 0.845. The van der Waals surface area contributed by atoms with Crippen LogP contribution in [0.2, 0.25) is 5.22 Å². The number of carbonyl (C=O) groups excluding carboxylic acids is 1. The van der Waals surface area contributed by atoms with Gasteiger partial charge in [0.25, 0.3) is 5.91 Å². The SMILES string of the molecule is O=C(Nc1cccnn1)c1ccoc1Cl. The Morgan fingerprint density at radius 1 is 1.47 bits per heavy atom. The Morgan fingerprint density at radius 2 is 2.33 bits per heavy atom. The minimum atomic E-state index is -0.380. The van der Waals surface area contributed by atoms with Crippen molar-refractivity contribution in [1.82, 2.24) is 10.2 Å². The zero-order chi connectivity index (χ0) is 10.7. The number of nitrogens with one attached hydrogen (secondary N) is 1. The maximum Gasteiger partial charge on any atom is 0.261 e. The van der Waals surface area contributed by atoms with Gasteiger partial charge >= 0.3 is 0 Å². The summed E-state index contributed by atoms with van der Waals surface area (Å²) >= 11 is 5.64. The Hall–Kier alpha value is -1.88. The molecule has 0 saturated heterocycles. The number of amides is 1. The molecule has 0 saturated carbocycles. The van der Waals surface area contributed by atoms with E-state index in [9.17, 15) is 4.79 Å². The molecule has 0 spiro atoms. The van der Waals surface area contributed by atoms with Gasteiger partial charge in [-0.15, -0.1) is 5.10 Å². The molecule has 2 rings (SSSR count). The van der Waals surface area contributed by atoms with Crippen molar-refractivity contribution in [3.63, 3.8) is 0 Å². The largest absolute Gasteiger partial charge is 0.452 e. The molecule has 76 valence electrons. The van der Waals surface area contributed by atoms with Crippen molar-refractivity contribution in [3.05, 3.63) is 41.4 Å². The van der Waals surface area contributed by atoms with Gasteiger partial charge in [-0.1, -0.05) is 0 Å². The van der Waals surface area contributed by atoms with Gasteiger partial charge in [0.05, 0.1) is 11.8 Å². The van der Waals surface area contributed by atoms with Gasteiger partial charge in [0, 0.05) is 6.20 Å². The van der Waals surface area contributed by atoms with E-state index in [4.69, 9.17) is 16.0 Å². The number of carbonyl (C=O) groups is 1. The number of furan rings is 1. The summed E-state index contributed by atoms with van der Waals surface area (Å²) < 4.78 is 4.79. The van der Waals surface area contributed by atoms with Gasteiger partial charge in [-0.05, 0) is 29.8 Å². The van der Waals surface area contributed by atoms with Crippen LogP contribution in [0.15, 0.2) is 35.1 Å². The van der Waals surface area contributed by atoms with Crippen LogP contribution in [0, 0.1) is 0 Å². The zero-order valence-corrected chi connectivity index (χ0v) is 8.23. The maximum absolute atomic E-state index is 11.6. The summed E-state index contributed by atoms with van der Waals surface area (Å²) in [6.07, 6.45) is 2.86. The molecular formula is C9H6ClN3O2. The highest BCUT2D eigenvalue weighted by Crippen LogP contribution is 2.17. The van der Waals surface area contributed by atoms with Crippen LogP contribution < -0.4 is 5.32 Å². The highest BCUT2D eigenvalue weighted by atomic mass is 35.5. The number of rotatable bonds is 2. The van der Waals surface area contributed by atoms with E-state index in [-0.39, 0.29) is 16.7 Å². The Kier molecular flexibility index (Phi) is 2.64. The molecule has 6 heteroatoms. The Bertz CT molecular complexity index is 469. The summed E-state index contributed by atoms with van der Waals surface area (Å²) in [6, 6.07) is 4.77. The standard InChI is InChI=1S/C9H6ClN3O2/c10-8-6(3-5-15-8)9(14)12-7-2-1-4-11-13-7/h1-5H,(H,12,13,14). The van der Waals surface area contributed by atoms with Gasteiger partial charge in [0.1, 0.15) is 0 Å². The summed E-state index contributed by atoms with van der Waals surface area (Å²) in [7, 11) is 0. The molecule has 0 radical (unpaired) electrons.